The van der Waals surface area contributed by atoms with Crippen LogP contribution in [0.2, 0.25) is 0 Å². The Kier molecular flexibility index (Phi) is 10.9. The van der Waals surface area contributed by atoms with Gasteiger partial charge in [0.2, 0.25) is 0 Å². The maximum Gasteiger partial charge on any atom is 0.155 e. The van der Waals surface area contributed by atoms with Crippen LogP contribution in [0.3, 0.4) is 0 Å². The standard InChI is InChI=1S/C18H34O/c1-6-10-12-16(11-7-2)13-17(15(5)8-3)14-18(19)9-4/h14-16H,6-13H2,1-5H3/b17-14-. The molecule has 0 radical (unpaired) electrons. The summed E-state index contributed by atoms with van der Waals surface area (Å²) in [5.41, 5.74) is 1.39. The molecule has 1 heteroatoms. The van der Waals surface area contributed by atoms with Gasteiger partial charge < -0.3 is 0 Å². The molecule has 19 heavy (non-hydrogen) atoms. The van der Waals surface area contributed by atoms with Gasteiger partial charge in [-0.3, -0.25) is 4.79 Å². The average molecular weight is 266 g/mol. The summed E-state index contributed by atoms with van der Waals surface area (Å²) >= 11 is 0. The second kappa shape index (κ2) is 11.3. The predicted molar refractivity (Wildman–Crippen MR) is 85.4 cm³/mol. The van der Waals surface area contributed by atoms with Gasteiger partial charge in [0.15, 0.2) is 5.78 Å². The quantitative estimate of drug-likeness (QED) is 0.423. The molecule has 0 aliphatic rings. The number of carbonyl (C=O) groups is 1. The van der Waals surface area contributed by atoms with Crippen LogP contribution in [0.1, 0.15) is 86.0 Å². The summed E-state index contributed by atoms with van der Waals surface area (Å²) in [6.45, 7) is 11.0. The smallest absolute Gasteiger partial charge is 0.155 e. The topological polar surface area (TPSA) is 17.1 Å². The molecule has 0 bridgehead atoms. The highest BCUT2D eigenvalue weighted by atomic mass is 16.1. The third-order valence-corrected chi connectivity index (χ3v) is 4.13. The van der Waals surface area contributed by atoms with Gasteiger partial charge >= 0.3 is 0 Å². The molecule has 0 aromatic heterocycles. The lowest BCUT2D eigenvalue weighted by Gasteiger charge is -2.21. The fraction of sp³-hybridized carbons (Fsp3) is 0.833. The van der Waals surface area contributed by atoms with E-state index in [1.165, 1.54) is 37.7 Å². The summed E-state index contributed by atoms with van der Waals surface area (Å²) in [7, 11) is 0. The van der Waals surface area contributed by atoms with Gasteiger partial charge in [-0.05, 0) is 30.8 Å². The molecule has 0 heterocycles. The minimum Gasteiger partial charge on any atom is -0.295 e. The number of allylic oxidation sites excluding steroid dienone is 2. The zero-order chi connectivity index (χ0) is 14.7. The van der Waals surface area contributed by atoms with Gasteiger partial charge in [-0.15, -0.1) is 0 Å². The van der Waals surface area contributed by atoms with Gasteiger partial charge in [0.1, 0.15) is 0 Å². The summed E-state index contributed by atoms with van der Waals surface area (Å²) in [5, 5.41) is 0. The molecule has 0 N–H and O–H groups in total. The first kappa shape index (κ1) is 18.4. The molecule has 0 saturated carbocycles. The van der Waals surface area contributed by atoms with Crippen molar-refractivity contribution >= 4 is 5.78 Å². The van der Waals surface area contributed by atoms with Gasteiger partial charge in [-0.25, -0.2) is 0 Å². The van der Waals surface area contributed by atoms with Crippen molar-refractivity contribution in [3.05, 3.63) is 11.6 Å². The maximum atomic E-state index is 11.7. The molecule has 2 atom stereocenters. The molecular weight excluding hydrogens is 232 g/mol. The second-order valence-electron chi connectivity index (χ2n) is 5.85. The highest BCUT2D eigenvalue weighted by Gasteiger charge is 2.15. The molecule has 0 aromatic carbocycles. The van der Waals surface area contributed by atoms with Crippen LogP contribution < -0.4 is 0 Å². The molecule has 0 amide bonds. The maximum absolute atomic E-state index is 11.7. The molecule has 0 spiro atoms. The lowest BCUT2D eigenvalue weighted by Crippen LogP contribution is -2.09. The lowest BCUT2D eigenvalue weighted by atomic mass is 9.84. The fourth-order valence-electron chi connectivity index (χ4n) is 2.56. The Morgan fingerprint density at radius 3 is 2.21 bits per heavy atom. The Labute approximate surface area is 120 Å². The number of ketones is 1. The SMILES string of the molecule is CCCCC(CCC)C/C(=C/C(=O)CC)C(C)CC. The first-order chi connectivity index (χ1) is 9.08. The van der Waals surface area contributed by atoms with Crippen molar-refractivity contribution in [3.63, 3.8) is 0 Å². The van der Waals surface area contributed by atoms with E-state index in [9.17, 15) is 4.79 Å². The summed E-state index contributed by atoms with van der Waals surface area (Å²) < 4.78 is 0. The van der Waals surface area contributed by atoms with Crippen molar-refractivity contribution in [2.24, 2.45) is 11.8 Å². The van der Waals surface area contributed by atoms with Crippen molar-refractivity contribution < 1.29 is 4.79 Å². The molecule has 0 rings (SSSR count). The molecule has 0 aromatic rings. The molecule has 0 saturated heterocycles. The molecule has 2 unspecified atom stereocenters. The third kappa shape index (κ3) is 8.23. The van der Waals surface area contributed by atoms with E-state index in [-0.39, 0.29) is 0 Å². The first-order valence-corrected chi connectivity index (χ1v) is 8.32. The Balaban J connectivity index is 4.74. The number of hydrogen-bond donors (Lipinski definition) is 0. The molecule has 1 nitrogen and oxygen atoms in total. The lowest BCUT2D eigenvalue weighted by molar-refractivity contribution is -0.114. The highest BCUT2D eigenvalue weighted by molar-refractivity contribution is 5.90. The van der Waals surface area contributed by atoms with Crippen molar-refractivity contribution in [2.45, 2.75) is 86.0 Å². The largest absolute Gasteiger partial charge is 0.295 e. The van der Waals surface area contributed by atoms with Crippen LogP contribution in [-0.2, 0) is 4.79 Å². The van der Waals surface area contributed by atoms with Crippen LogP contribution in [0.25, 0.3) is 0 Å². The summed E-state index contributed by atoms with van der Waals surface area (Å²) in [6, 6.07) is 0. The zero-order valence-corrected chi connectivity index (χ0v) is 13.8. The minimum atomic E-state index is 0.293. The van der Waals surface area contributed by atoms with Gasteiger partial charge in [-0.1, -0.05) is 72.3 Å². The molecular formula is C18H34O. The molecule has 0 aliphatic heterocycles. The summed E-state index contributed by atoms with van der Waals surface area (Å²) in [4.78, 5) is 11.7. The number of unbranched alkanes of at least 4 members (excludes halogenated alkanes) is 1. The van der Waals surface area contributed by atoms with Crippen LogP contribution >= 0.6 is 0 Å². The Hall–Kier alpha value is -0.590. The molecule has 0 aliphatic carbocycles. The van der Waals surface area contributed by atoms with Gasteiger partial charge in [-0.2, -0.15) is 0 Å². The van der Waals surface area contributed by atoms with Crippen molar-refractivity contribution in [3.8, 4) is 0 Å². The highest BCUT2D eigenvalue weighted by Crippen LogP contribution is 2.28. The van der Waals surface area contributed by atoms with Crippen LogP contribution in [0, 0.1) is 11.8 Å². The Bertz CT molecular complexity index is 265. The van der Waals surface area contributed by atoms with Crippen LogP contribution in [0.4, 0.5) is 0 Å². The summed E-state index contributed by atoms with van der Waals surface area (Å²) in [6.07, 6.45) is 11.3. The minimum absolute atomic E-state index is 0.293. The van der Waals surface area contributed by atoms with Crippen LogP contribution in [0.5, 0.6) is 0 Å². The zero-order valence-electron chi connectivity index (χ0n) is 13.8. The molecule has 112 valence electrons. The Morgan fingerprint density at radius 1 is 1.05 bits per heavy atom. The monoisotopic (exact) mass is 266 g/mol. The third-order valence-electron chi connectivity index (χ3n) is 4.13. The number of hydrogen-bond acceptors (Lipinski definition) is 1. The van der Waals surface area contributed by atoms with E-state index in [4.69, 9.17) is 0 Å². The van der Waals surface area contributed by atoms with Crippen molar-refractivity contribution in [1.29, 1.82) is 0 Å². The average Bonchev–Trinajstić information content (AvgIpc) is 2.42. The van der Waals surface area contributed by atoms with Crippen molar-refractivity contribution in [2.75, 3.05) is 0 Å². The fourth-order valence-corrected chi connectivity index (χ4v) is 2.56. The van der Waals surface area contributed by atoms with E-state index in [1.54, 1.807) is 0 Å². The van der Waals surface area contributed by atoms with E-state index in [0.29, 0.717) is 18.1 Å². The van der Waals surface area contributed by atoms with E-state index in [2.05, 4.69) is 27.7 Å². The van der Waals surface area contributed by atoms with E-state index in [0.717, 1.165) is 18.8 Å². The van der Waals surface area contributed by atoms with Gasteiger partial charge in [0, 0.05) is 6.42 Å². The van der Waals surface area contributed by atoms with E-state index >= 15 is 0 Å². The van der Waals surface area contributed by atoms with Gasteiger partial charge in [0.05, 0.1) is 0 Å². The number of carbonyl (C=O) groups excluding carboxylic acids is 1. The first-order valence-electron chi connectivity index (χ1n) is 8.32. The Morgan fingerprint density at radius 2 is 1.74 bits per heavy atom. The van der Waals surface area contributed by atoms with E-state index < -0.39 is 0 Å². The predicted octanol–water partition coefficient (Wildman–Crippen LogP) is 5.93. The second-order valence-corrected chi connectivity index (χ2v) is 5.85. The summed E-state index contributed by atoms with van der Waals surface area (Å²) in [5.74, 6) is 1.62. The van der Waals surface area contributed by atoms with Gasteiger partial charge in [0.25, 0.3) is 0 Å². The van der Waals surface area contributed by atoms with Crippen LogP contribution in [0.15, 0.2) is 11.6 Å². The van der Waals surface area contributed by atoms with E-state index in [1.807, 2.05) is 13.0 Å². The van der Waals surface area contributed by atoms with Crippen LogP contribution in [-0.4, -0.2) is 5.78 Å². The molecule has 0 fully saturated rings. The van der Waals surface area contributed by atoms with Crippen molar-refractivity contribution in [1.82, 2.24) is 0 Å². The number of rotatable bonds is 11. The normalized spacial score (nSPS) is 15.3.